The molecule has 1 aliphatic rings. The topological polar surface area (TPSA) is 115 Å². The summed E-state index contributed by atoms with van der Waals surface area (Å²) in [6.45, 7) is 7.74. The van der Waals surface area contributed by atoms with Crippen LogP contribution in [0.25, 0.3) is 0 Å². The van der Waals surface area contributed by atoms with Crippen LogP contribution in [0.5, 0.6) is 5.75 Å². The number of rotatable bonds is 6. The van der Waals surface area contributed by atoms with Crippen LogP contribution in [0.3, 0.4) is 0 Å². The Balaban J connectivity index is 1.69. The molecule has 1 atom stereocenters. The number of methoxy groups -OCH3 is 1. The molecule has 0 radical (unpaired) electrons. The van der Waals surface area contributed by atoms with Crippen LogP contribution in [0, 0.1) is 33.6 Å². The van der Waals surface area contributed by atoms with Gasteiger partial charge in [-0.2, -0.15) is 4.31 Å². The van der Waals surface area contributed by atoms with Gasteiger partial charge in [0.1, 0.15) is 16.3 Å². The van der Waals surface area contributed by atoms with Gasteiger partial charge in [-0.3, -0.25) is 9.78 Å². The Morgan fingerprint density at radius 1 is 1.33 bits per heavy atom. The number of nitrogens with zero attached hydrogens (tertiary/aromatic N) is 3. The van der Waals surface area contributed by atoms with Crippen molar-refractivity contribution >= 4 is 15.9 Å². The lowest BCUT2D eigenvalue weighted by molar-refractivity contribution is -0.126. The smallest absolute Gasteiger partial charge is 0.248 e. The lowest BCUT2D eigenvalue weighted by atomic mass is 9.98. The molecule has 0 aromatic carbocycles. The second kappa shape index (κ2) is 8.73. The first-order valence-corrected chi connectivity index (χ1v) is 11.3. The van der Waals surface area contributed by atoms with E-state index in [0.717, 1.165) is 22.6 Å². The Hall–Kier alpha value is -2.46. The molecule has 1 fully saturated rings. The Bertz CT molecular complexity index is 1030. The maximum absolute atomic E-state index is 13.1. The van der Waals surface area contributed by atoms with Gasteiger partial charge in [0.25, 0.3) is 0 Å². The minimum atomic E-state index is -3.77. The summed E-state index contributed by atoms with van der Waals surface area (Å²) in [5.74, 6) is 0.397. The normalized spacial score (nSPS) is 17.7. The third-order valence-corrected chi connectivity index (χ3v) is 7.61. The molecule has 1 unspecified atom stereocenters. The average Bonchev–Trinajstić information content (AvgIpc) is 3.06. The van der Waals surface area contributed by atoms with Crippen molar-refractivity contribution in [3.8, 4) is 5.75 Å². The lowest BCUT2D eigenvalue weighted by Gasteiger charge is -2.31. The van der Waals surface area contributed by atoms with Crippen molar-refractivity contribution in [2.45, 2.75) is 52.0 Å². The van der Waals surface area contributed by atoms with Crippen LogP contribution in [-0.2, 0) is 21.4 Å². The Labute approximate surface area is 176 Å². The van der Waals surface area contributed by atoms with Gasteiger partial charge in [-0.15, -0.1) is 0 Å². The highest BCUT2D eigenvalue weighted by Gasteiger charge is 2.36. The van der Waals surface area contributed by atoms with E-state index in [0.29, 0.717) is 25.1 Å². The number of ether oxygens (including phenoxy) is 1. The van der Waals surface area contributed by atoms with Gasteiger partial charge in [-0.05, 0) is 40.5 Å². The molecule has 2 aromatic heterocycles. The molecule has 10 heteroatoms. The van der Waals surface area contributed by atoms with Crippen LogP contribution in [0.2, 0.25) is 0 Å². The molecule has 0 spiro atoms. The van der Waals surface area contributed by atoms with Gasteiger partial charge >= 0.3 is 0 Å². The highest BCUT2D eigenvalue weighted by molar-refractivity contribution is 7.89. The first-order valence-electron chi connectivity index (χ1n) is 9.86. The molecule has 2 aromatic rings. The standard InChI is InChI=1S/C20H28N4O5S/c1-12-9-21-17(13(2)18(12)28-5)10-22-20(25)16-7-6-8-24(11-16)30(26,27)19-14(3)23-29-15(19)4/h9,16H,6-8,10-11H2,1-5H3,(H,22,25). The number of carbonyl (C=O) groups excluding carboxylic acids is 1. The van der Waals surface area contributed by atoms with E-state index in [2.05, 4.69) is 15.5 Å². The molecule has 0 aliphatic carbocycles. The fourth-order valence-electron chi connectivity index (χ4n) is 3.91. The second-order valence-electron chi connectivity index (χ2n) is 7.62. The highest BCUT2D eigenvalue weighted by Crippen LogP contribution is 2.28. The van der Waals surface area contributed by atoms with E-state index >= 15 is 0 Å². The van der Waals surface area contributed by atoms with Crippen molar-refractivity contribution in [1.29, 1.82) is 0 Å². The molecule has 1 aliphatic heterocycles. The van der Waals surface area contributed by atoms with E-state index in [1.54, 1.807) is 27.2 Å². The summed E-state index contributed by atoms with van der Waals surface area (Å²) in [4.78, 5) is 17.3. The summed E-state index contributed by atoms with van der Waals surface area (Å²) in [6.07, 6.45) is 2.95. The predicted octanol–water partition coefficient (Wildman–Crippen LogP) is 2.03. The third-order valence-electron chi connectivity index (χ3n) is 5.50. The molecule has 30 heavy (non-hydrogen) atoms. The average molecular weight is 437 g/mol. The van der Waals surface area contributed by atoms with E-state index in [-0.39, 0.29) is 29.7 Å². The zero-order chi connectivity index (χ0) is 22.1. The van der Waals surface area contributed by atoms with Gasteiger partial charge in [0.2, 0.25) is 15.9 Å². The summed E-state index contributed by atoms with van der Waals surface area (Å²) >= 11 is 0. The number of aryl methyl sites for hydroxylation is 3. The monoisotopic (exact) mass is 436 g/mol. The number of amides is 1. The van der Waals surface area contributed by atoms with Gasteiger partial charge in [-0.25, -0.2) is 8.42 Å². The summed E-state index contributed by atoms with van der Waals surface area (Å²) in [6, 6.07) is 0. The molecule has 3 rings (SSSR count). The van der Waals surface area contributed by atoms with Crippen LogP contribution in [0.4, 0.5) is 0 Å². The molecule has 1 saturated heterocycles. The van der Waals surface area contributed by atoms with E-state index < -0.39 is 15.9 Å². The van der Waals surface area contributed by atoms with Gasteiger partial charge in [0, 0.05) is 30.4 Å². The first-order chi connectivity index (χ1) is 14.2. The second-order valence-corrected chi connectivity index (χ2v) is 9.49. The van der Waals surface area contributed by atoms with Crippen molar-refractivity contribution in [1.82, 2.24) is 19.8 Å². The molecule has 0 bridgehead atoms. The molecular weight excluding hydrogens is 408 g/mol. The molecule has 9 nitrogen and oxygen atoms in total. The number of sulfonamides is 1. The maximum atomic E-state index is 13.1. The molecular formula is C20H28N4O5S. The molecule has 1 amide bonds. The number of aromatic nitrogens is 2. The fourth-order valence-corrected chi connectivity index (χ4v) is 5.73. The first kappa shape index (κ1) is 22.2. The number of pyridine rings is 1. The van der Waals surface area contributed by atoms with Gasteiger partial charge in [-0.1, -0.05) is 5.16 Å². The van der Waals surface area contributed by atoms with Crippen LogP contribution < -0.4 is 10.1 Å². The molecule has 1 N–H and O–H groups in total. The zero-order valence-corrected chi connectivity index (χ0v) is 18.8. The molecule has 164 valence electrons. The van der Waals surface area contributed by atoms with Gasteiger partial charge in [0.15, 0.2) is 5.76 Å². The van der Waals surface area contributed by atoms with E-state index in [9.17, 15) is 13.2 Å². The van der Waals surface area contributed by atoms with E-state index in [4.69, 9.17) is 9.26 Å². The number of nitrogens with one attached hydrogen (secondary N) is 1. The van der Waals surface area contributed by atoms with Crippen molar-refractivity contribution in [3.63, 3.8) is 0 Å². The number of hydrogen-bond acceptors (Lipinski definition) is 7. The maximum Gasteiger partial charge on any atom is 0.248 e. The minimum absolute atomic E-state index is 0.0927. The summed E-state index contributed by atoms with van der Waals surface area (Å²) in [5.41, 5.74) is 2.86. The van der Waals surface area contributed by atoms with Crippen LogP contribution in [0.15, 0.2) is 15.6 Å². The van der Waals surface area contributed by atoms with Crippen LogP contribution in [-0.4, -0.2) is 49.0 Å². The van der Waals surface area contributed by atoms with Crippen molar-refractivity contribution in [3.05, 3.63) is 34.5 Å². The minimum Gasteiger partial charge on any atom is -0.496 e. The molecule has 3 heterocycles. The lowest BCUT2D eigenvalue weighted by Crippen LogP contribution is -2.45. The van der Waals surface area contributed by atoms with Crippen molar-refractivity contribution < 1.29 is 22.5 Å². The van der Waals surface area contributed by atoms with Gasteiger partial charge < -0.3 is 14.6 Å². The van der Waals surface area contributed by atoms with E-state index in [1.807, 2.05) is 13.8 Å². The van der Waals surface area contributed by atoms with Gasteiger partial charge in [0.05, 0.1) is 25.3 Å². The summed E-state index contributed by atoms with van der Waals surface area (Å²) in [5, 5.41) is 6.65. The fraction of sp³-hybridized carbons (Fsp3) is 0.550. The Kier molecular flexibility index (Phi) is 6.47. The number of piperidine rings is 1. The Morgan fingerprint density at radius 3 is 2.70 bits per heavy atom. The Morgan fingerprint density at radius 2 is 2.07 bits per heavy atom. The zero-order valence-electron chi connectivity index (χ0n) is 18.0. The van der Waals surface area contributed by atoms with Crippen LogP contribution in [0.1, 0.15) is 41.1 Å². The SMILES string of the molecule is COc1c(C)cnc(CNC(=O)C2CCCN(S(=O)(=O)c3c(C)noc3C)C2)c1C. The largest absolute Gasteiger partial charge is 0.496 e. The third kappa shape index (κ3) is 4.20. The quantitative estimate of drug-likeness (QED) is 0.737. The highest BCUT2D eigenvalue weighted by atomic mass is 32.2. The summed E-state index contributed by atoms with van der Waals surface area (Å²) < 4.78 is 37.9. The van der Waals surface area contributed by atoms with E-state index in [1.165, 1.54) is 4.31 Å². The predicted molar refractivity (Wildman–Crippen MR) is 110 cm³/mol. The van der Waals surface area contributed by atoms with Crippen LogP contribution >= 0.6 is 0 Å². The number of hydrogen-bond donors (Lipinski definition) is 1. The number of carbonyl (C=O) groups is 1. The summed E-state index contributed by atoms with van der Waals surface area (Å²) in [7, 11) is -2.16. The molecule has 0 saturated carbocycles. The van der Waals surface area contributed by atoms with Crippen molar-refractivity contribution in [2.75, 3.05) is 20.2 Å². The van der Waals surface area contributed by atoms with Crippen molar-refractivity contribution in [2.24, 2.45) is 5.92 Å².